The molecule has 1 amide bonds. The lowest BCUT2D eigenvalue weighted by molar-refractivity contribution is -0.384. The molecule has 0 bridgehead atoms. The number of rotatable bonds is 5. The van der Waals surface area contributed by atoms with Crippen molar-refractivity contribution in [2.75, 3.05) is 5.32 Å². The largest absolute Gasteiger partial charge is 0.322 e. The van der Waals surface area contributed by atoms with Crippen molar-refractivity contribution in [2.24, 2.45) is 0 Å². The number of nitro groups is 1. The van der Waals surface area contributed by atoms with E-state index >= 15 is 0 Å². The second-order valence-electron chi connectivity index (χ2n) is 4.54. The summed E-state index contributed by atoms with van der Waals surface area (Å²) >= 11 is 5.71. The van der Waals surface area contributed by atoms with Crippen LogP contribution in [0, 0.1) is 10.1 Å². The highest BCUT2D eigenvalue weighted by Gasteiger charge is 2.13. The average molecular weight is 329 g/mol. The Hall–Kier alpha value is -2.92. The van der Waals surface area contributed by atoms with E-state index in [0.29, 0.717) is 5.69 Å². The van der Waals surface area contributed by atoms with Gasteiger partial charge in [-0.1, -0.05) is 60.2 Å². The molecule has 0 fully saturated rings. The van der Waals surface area contributed by atoms with Gasteiger partial charge in [-0.3, -0.25) is 14.9 Å². The maximum atomic E-state index is 11.8. The van der Waals surface area contributed by atoms with Crippen LogP contribution in [0.1, 0.15) is 5.56 Å². The van der Waals surface area contributed by atoms with Crippen molar-refractivity contribution in [3.8, 4) is 0 Å². The second kappa shape index (κ2) is 7.91. The Labute approximate surface area is 138 Å². The Morgan fingerprint density at radius 2 is 1.87 bits per heavy atom. The van der Waals surface area contributed by atoms with Crippen molar-refractivity contribution < 1.29 is 9.72 Å². The Bertz CT molecular complexity index is 771. The van der Waals surface area contributed by atoms with Gasteiger partial charge in [-0.05, 0) is 17.7 Å². The first-order chi connectivity index (χ1) is 11.1. The summed E-state index contributed by atoms with van der Waals surface area (Å²) in [5.74, 6) is -0.390. The van der Waals surface area contributed by atoms with Crippen molar-refractivity contribution in [1.29, 1.82) is 0 Å². The third-order valence-corrected chi connectivity index (χ3v) is 3.18. The van der Waals surface area contributed by atoms with Crippen LogP contribution in [0.15, 0.2) is 66.8 Å². The third kappa shape index (κ3) is 5.09. The fourth-order valence-corrected chi connectivity index (χ4v) is 1.97. The van der Waals surface area contributed by atoms with Crippen LogP contribution in [0.5, 0.6) is 0 Å². The first-order valence-corrected chi connectivity index (χ1v) is 7.09. The van der Waals surface area contributed by atoms with E-state index in [2.05, 4.69) is 5.32 Å². The second-order valence-corrected chi connectivity index (χ2v) is 4.95. The van der Waals surface area contributed by atoms with Crippen molar-refractivity contribution >= 4 is 35.0 Å². The number of nitro benzene ring substituents is 1. The molecule has 0 unspecified atom stereocenters. The Morgan fingerprint density at radius 3 is 2.57 bits per heavy atom. The van der Waals surface area contributed by atoms with Gasteiger partial charge < -0.3 is 5.32 Å². The van der Waals surface area contributed by atoms with Crippen LogP contribution < -0.4 is 5.32 Å². The number of halogens is 1. The number of hydrogen-bond acceptors (Lipinski definition) is 3. The molecule has 0 heterocycles. The molecule has 2 aromatic carbocycles. The highest BCUT2D eigenvalue weighted by atomic mass is 35.5. The van der Waals surface area contributed by atoms with Crippen LogP contribution in [0.2, 0.25) is 5.02 Å². The standard InChI is InChI=1S/C17H13ClN2O3/c18-15-11-10-14(12-16(15)20(22)23)19-17(21)9-5-4-8-13-6-2-1-3-7-13/h1-12H,(H,19,21)/b8-4-,9-5+. The van der Waals surface area contributed by atoms with Crippen LogP contribution in [0.25, 0.3) is 6.08 Å². The fourth-order valence-electron chi connectivity index (χ4n) is 1.79. The summed E-state index contributed by atoms with van der Waals surface area (Å²) in [7, 11) is 0. The van der Waals surface area contributed by atoms with E-state index in [1.165, 1.54) is 24.3 Å². The molecule has 0 aliphatic heterocycles. The number of carbonyl (C=O) groups is 1. The van der Waals surface area contributed by atoms with E-state index in [1.807, 2.05) is 36.4 Å². The number of carbonyl (C=O) groups excluding carboxylic acids is 1. The van der Waals surface area contributed by atoms with E-state index < -0.39 is 4.92 Å². The predicted octanol–water partition coefficient (Wildman–Crippen LogP) is 4.46. The monoisotopic (exact) mass is 328 g/mol. The normalized spacial score (nSPS) is 11.0. The molecule has 0 saturated carbocycles. The molecule has 0 spiro atoms. The molecule has 2 rings (SSSR count). The topological polar surface area (TPSA) is 72.2 Å². The van der Waals surface area contributed by atoms with E-state index in [9.17, 15) is 14.9 Å². The number of allylic oxidation sites excluding steroid dienone is 2. The molecule has 0 aliphatic rings. The highest BCUT2D eigenvalue weighted by Crippen LogP contribution is 2.27. The maximum Gasteiger partial charge on any atom is 0.289 e. The lowest BCUT2D eigenvalue weighted by atomic mass is 10.2. The lowest BCUT2D eigenvalue weighted by Gasteiger charge is -2.02. The zero-order valence-electron chi connectivity index (χ0n) is 12.0. The van der Waals surface area contributed by atoms with Gasteiger partial charge in [-0.2, -0.15) is 0 Å². The lowest BCUT2D eigenvalue weighted by Crippen LogP contribution is -2.07. The molecule has 0 aliphatic carbocycles. The Kier molecular flexibility index (Phi) is 5.66. The average Bonchev–Trinajstić information content (AvgIpc) is 2.54. The fraction of sp³-hybridized carbons (Fsp3) is 0. The summed E-state index contributed by atoms with van der Waals surface area (Å²) in [6.07, 6.45) is 6.52. The van der Waals surface area contributed by atoms with E-state index in [1.54, 1.807) is 12.2 Å². The summed E-state index contributed by atoms with van der Waals surface area (Å²) in [5.41, 5.74) is 1.08. The minimum atomic E-state index is -0.601. The molecular formula is C17H13ClN2O3. The van der Waals surface area contributed by atoms with Crippen LogP contribution in [-0.2, 0) is 4.79 Å². The van der Waals surface area contributed by atoms with Gasteiger partial charge in [0.15, 0.2) is 0 Å². The van der Waals surface area contributed by atoms with Gasteiger partial charge in [0.1, 0.15) is 5.02 Å². The van der Waals surface area contributed by atoms with Gasteiger partial charge in [0, 0.05) is 17.8 Å². The highest BCUT2D eigenvalue weighted by molar-refractivity contribution is 6.32. The number of anilines is 1. The number of nitrogens with zero attached hydrogens (tertiary/aromatic N) is 1. The van der Waals surface area contributed by atoms with Gasteiger partial charge in [0.2, 0.25) is 5.91 Å². The third-order valence-electron chi connectivity index (χ3n) is 2.86. The molecule has 23 heavy (non-hydrogen) atoms. The van der Waals surface area contributed by atoms with Gasteiger partial charge in [-0.25, -0.2) is 0 Å². The Balaban J connectivity index is 1.97. The molecule has 116 valence electrons. The number of nitrogens with one attached hydrogen (secondary N) is 1. The Morgan fingerprint density at radius 1 is 1.13 bits per heavy atom. The summed E-state index contributed by atoms with van der Waals surface area (Å²) in [6, 6.07) is 13.7. The van der Waals surface area contributed by atoms with Gasteiger partial charge in [0.05, 0.1) is 4.92 Å². The van der Waals surface area contributed by atoms with Crippen LogP contribution in [0.4, 0.5) is 11.4 Å². The van der Waals surface area contributed by atoms with Crippen molar-refractivity contribution in [1.82, 2.24) is 0 Å². The molecule has 0 atom stereocenters. The summed E-state index contributed by atoms with van der Waals surface area (Å²) < 4.78 is 0. The molecule has 2 aromatic rings. The number of amides is 1. The molecule has 1 N–H and O–H groups in total. The molecule has 0 saturated heterocycles. The summed E-state index contributed by atoms with van der Waals surface area (Å²) in [4.78, 5) is 21.9. The first kappa shape index (κ1) is 16.5. The molecule has 6 heteroatoms. The number of benzene rings is 2. The number of hydrogen-bond donors (Lipinski definition) is 1. The van der Waals surface area contributed by atoms with E-state index in [0.717, 1.165) is 5.56 Å². The van der Waals surface area contributed by atoms with E-state index in [4.69, 9.17) is 11.6 Å². The van der Waals surface area contributed by atoms with Crippen LogP contribution in [-0.4, -0.2) is 10.8 Å². The van der Waals surface area contributed by atoms with Crippen molar-refractivity contribution in [3.05, 3.63) is 87.5 Å². The molecular weight excluding hydrogens is 316 g/mol. The van der Waals surface area contributed by atoms with Crippen molar-refractivity contribution in [2.45, 2.75) is 0 Å². The summed E-state index contributed by atoms with van der Waals surface area (Å²) in [5, 5.41) is 13.4. The summed E-state index contributed by atoms with van der Waals surface area (Å²) in [6.45, 7) is 0. The maximum absolute atomic E-state index is 11.8. The van der Waals surface area contributed by atoms with Gasteiger partial charge in [-0.15, -0.1) is 0 Å². The van der Waals surface area contributed by atoms with E-state index in [-0.39, 0.29) is 16.6 Å². The zero-order chi connectivity index (χ0) is 16.7. The zero-order valence-corrected chi connectivity index (χ0v) is 12.7. The first-order valence-electron chi connectivity index (χ1n) is 6.71. The minimum absolute atomic E-state index is 0.0225. The van der Waals surface area contributed by atoms with Crippen LogP contribution >= 0.6 is 11.6 Å². The predicted molar refractivity (Wildman–Crippen MR) is 91.4 cm³/mol. The van der Waals surface area contributed by atoms with Crippen LogP contribution in [0.3, 0.4) is 0 Å². The minimum Gasteiger partial charge on any atom is -0.322 e. The SMILES string of the molecule is O=C(/C=C/C=C\c1ccccc1)Nc1ccc(Cl)c([N+](=O)[O-])c1. The van der Waals surface area contributed by atoms with Crippen molar-refractivity contribution in [3.63, 3.8) is 0 Å². The molecule has 5 nitrogen and oxygen atoms in total. The quantitative estimate of drug-likeness (QED) is 0.381. The van der Waals surface area contributed by atoms with Gasteiger partial charge >= 0.3 is 0 Å². The smallest absolute Gasteiger partial charge is 0.289 e. The van der Waals surface area contributed by atoms with Gasteiger partial charge in [0.25, 0.3) is 5.69 Å². The molecule has 0 aromatic heterocycles. The molecule has 0 radical (unpaired) electrons.